The van der Waals surface area contributed by atoms with Crippen molar-refractivity contribution in [1.82, 2.24) is 0 Å². The maximum Gasteiger partial charge on any atom is 0.338 e. The number of carbonyl (C=O) groups excluding carboxylic acids is 2. The molecule has 3 aromatic carbocycles. The van der Waals surface area contributed by atoms with Gasteiger partial charge in [-0.25, -0.2) is 9.59 Å². The molecule has 1 N–H and O–H groups in total. The highest BCUT2D eigenvalue weighted by atomic mass is 32.2. The van der Waals surface area contributed by atoms with Gasteiger partial charge in [0.25, 0.3) is 10.1 Å². The van der Waals surface area contributed by atoms with Gasteiger partial charge in [0.15, 0.2) is 0 Å². The maximum atomic E-state index is 12.0. The van der Waals surface area contributed by atoms with Crippen molar-refractivity contribution in [2.45, 2.75) is 33.6 Å². The zero-order valence-corrected chi connectivity index (χ0v) is 25.7. The fourth-order valence-electron chi connectivity index (χ4n) is 3.72. The van der Waals surface area contributed by atoms with E-state index < -0.39 is 27.8 Å². The van der Waals surface area contributed by atoms with Crippen LogP contribution in [0, 0.1) is 23.7 Å². The molecule has 0 spiro atoms. The van der Waals surface area contributed by atoms with E-state index in [0.29, 0.717) is 51.5 Å². The van der Waals surface area contributed by atoms with E-state index >= 15 is 0 Å². The van der Waals surface area contributed by atoms with E-state index in [1.165, 1.54) is 0 Å². The number of ether oxygens (including phenoxy) is 4. The number of carbonyl (C=O) groups is 2. The second kappa shape index (κ2) is 16.8. The van der Waals surface area contributed by atoms with E-state index in [1.807, 2.05) is 6.92 Å². The Morgan fingerprint density at radius 2 is 1.11 bits per heavy atom. The lowest BCUT2D eigenvalue weighted by molar-refractivity contribution is 0.0516. The number of rotatable bonds is 12. The van der Waals surface area contributed by atoms with Gasteiger partial charge >= 0.3 is 11.9 Å². The minimum atomic E-state index is -4.14. The quantitative estimate of drug-likeness (QED) is 0.125. The molecule has 0 saturated heterocycles. The largest absolute Gasteiger partial charge is 0.492 e. The van der Waals surface area contributed by atoms with Gasteiger partial charge in [0.05, 0.1) is 54.4 Å². The molecule has 0 aliphatic heterocycles. The summed E-state index contributed by atoms with van der Waals surface area (Å²) in [6.07, 6.45) is 0.812. The predicted molar refractivity (Wildman–Crippen MR) is 166 cm³/mol. The molecule has 0 aliphatic rings. The van der Waals surface area contributed by atoms with Crippen LogP contribution in [0.1, 0.15) is 76.6 Å². The van der Waals surface area contributed by atoms with Crippen molar-refractivity contribution < 1.29 is 41.5 Å². The third kappa shape index (κ3) is 10.8. The molecule has 0 aliphatic carbocycles. The minimum absolute atomic E-state index is 0.0000608. The van der Waals surface area contributed by atoms with E-state index in [-0.39, 0.29) is 26.2 Å². The van der Waals surface area contributed by atoms with Crippen LogP contribution in [0.5, 0.6) is 11.5 Å². The van der Waals surface area contributed by atoms with Gasteiger partial charge in [-0.05, 0) is 75.2 Å². The highest BCUT2D eigenvalue weighted by Gasteiger charge is 2.12. The Morgan fingerprint density at radius 1 is 0.682 bits per heavy atom. The Labute approximate surface area is 258 Å². The molecule has 0 heterocycles. The van der Waals surface area contributed by atoms with Crippen LogP contribution in [0.25, 0.3) is 0 Å². The van der Waals surface area contributed by atoms with Crippen LogP contribution in [0.4, 0.5) is 0 Å². The molecule has 0 fully saturated rings. The average Bonchev–Trinajstić information content (AvgIpc) is 3.01. The molecule has 0 saturated carbocycles. The summed E-state index contributed by atoms with van der Waals surface area (Å²) in [4.78, 5) is 23.9. The zero-order chi connectivity index (χ0) is 32.0. The predicted octanol–water partition coefficient (Wildman–Crippen LogP) is 5.29. The molecule has 44 heavy (non-hydrogen) atoms. The Bertz CT molecular complexity index is 1670. The smallest absolute Gasteiger partial charge is 0.338 e. The maximum absolute atomic E-state index is 12.0. The van der Waals surface area contributed by atoms with Crippen LogP contribution in [0.2, 0.25) is 0 Å². The van der Waals surface area contributed by atoms with Gasteiger partial charge in [-0.3, -0.25) is 4.55 Å². The number of hydrogen-bond donors (Lipinski definition) is 1. The first-order valence-electron chi connectivity index (χ1n) is 14.1. The van der Waals surface area contributed by atoms with Gasteiger partial charge in [0.1, 0.15) is 11.5 Å². The first kappa shape index (κ1) is 33.7. The highest BCUT2D eigenvalue weighted by molar-refractivity contribution is 7.85. The van der Waals surface area contributed by atoms with Gasteiger partial charge in [-0.1, -0.05) is 30.6 Å². The minimum Gasteiger partial charge on any atom is -0.492 e. The van der Waals surface area contributed by atoms with Crippen LogP contribution in [-0.2, 0) is 19.6 Å². The Balaban J connectivity index is 1.98. The first-order valence-corrected chi connectivity index (χ1v) is 15.7. The van der Waals surface area contributed by atoms with Crippen LogP contribution < -0.4 is 9.47 Å². The summed E-state index contributed by atoms with van der Waals surface area (Å²) in [6, 6.07) is 16.7. The summed E-state index contributed by atoms with van der Waals surface area (Å²) in [7, 11) is -4.14. The van der Waals surface area contributed by atoms with Crippen molar-refractivity contribution >= 4 is 22.1 Å². The van der Waals surface area contributed by atoms with Gasteiger partial charge in [0.2, 0.25) is 0 Å². The monoisotopic (exact) mass is 618 g/mol. The van der Waals surface area contributed by atoms with Crippen molar-refractivity contribution in [2.24, 2.45) is 0 Å². The zero-order valence-electron chi connectivity index (χ0n) is 24.8. The second-order valence-electron chi connectivity index (χ2n) is 9.28. The van der Waals surface area contributed by atoms with Crippen molar-refractivity contribution in [3.05, 3.63) is 94.0 Å². The molecule has 0 atom stereocenters. The van der Waals surface area contributed by atoms with E-state index in [9.17, 15) is 18.0 Å². The lowest BCUT2D eigenvalue weighted by Gasteiger charge is -2.13. The summed E-state index contributed by atoms with van der Waals surface area (Å²) in [5, 5.41) is 0. The van der Waals surface area contributed by atoms with Crippen molar-refractivity contribution in [3.63, 3.8) is 0 Å². The molecule has 230 valence electrons. The Hall–Kier alpha value is -4.77. The summed E-state index contributed by atoms with van der Waals surface area (Å²) in [5.41, 5.74) is 3.12. The van der Waals surface area contributed by atoms with Crippen molar-refractivity contribution in [2.75, 3.05) is 32.2 Å². The normalized spacial score (nSPS) is 10.5. The highest BCUT2D eigenvalue weighted by Crippen LogP contribution is 2.29. The number of hydrogen-bond acceptors (Lipinski definition) is 8. The van der Waals surface area contributed by atoms with E-state index in [1.54, 1.807) is 74.5 Å². The molecule has 0 bridgehead atoms. The second-order valence-corrected chi connectivity index (χ2v) is 10.8. The third-order valence-electron chi connectivity index (χ3n) is 5.82. The lowest BCUT2D eigenvalue weighted by atomic mass is 10.1. The van der Waals surface area contributed by atoms with Gasteiger partial charge < -0.3 is 18.9 Å². The molecule has 0 amide bonds. The van der Waals surface area contributed by atoms with E-state index in [0.717, 1.165) is 6.42 Å². The van der Waals surface area contributed by atoms with Crippen LogP contribution in [-0.4, -0.2) is 57.1 Å². The average molecular weight is 619 g/mol. The van der Waals surface area contributed by atoms with E-state index in [4.69, 9.17) is 23.5 Å². The van der Waals surface area contributed by atoms with Crippen LogP contribution in [0.15, 0.2) is 60.7 Å². The standard InChI is InChI=1S/C34H34O9S/c1-4-20-42-31-23-30(19-13-26-10-16-28(17-11-26)34(36)41-6-3)32(43-21-7-22-44(37,38)39)24-29(31)18-12-25-8-14-27(15-9-25)33(35)40-5-2/h8-11,14-17,23-24H,4-7,20-22H2,1-3H3,(H,37,38,39). The fourth-order valence-corrected chi connectivity index (χ4v) is 4.20. The Kier molecular flexibility index (Phi) is 12.8. The van der Waals surface area contributed by atoms with Crippen molar-refractivity contribution in [1.29, 1.82) is 0 Å². The van der Waals surface area contributed by atoms with Crippen molar-refractivity contribution in [3.8, 4) is 35.2 Å². The molecule has 3 rings (SSSR count). The molecular formula is C34H34O9S. The van der Waals surface area contributed by atoms with Gasteiger partial charge in [-0.2, -0.15) is 8.42 Å². The lowest BCUT2D eigenvalue weighted by Crippen LogP contribution is -2.09. The number of benzene rings is 3. The number of esters is 2. The molecule has 0 radical (unpaired) electrons. The molecule has 10 heteroatoms. The first-order chi connectivity index (χ1) is 21.1. The Morgan fingerprint density at radius 3 is 1.50 bits per heavy atom. The molecular weight excluding hydrogens is 584 g/mol. The summed E-state index contributed by atoms with van der Waals surface area (Å²) in [6.45, 7) is 6.44. The van der Waals surface area contributed by atoms with Crippen LogP contribution in [0.3, 0.4) is 0 Å². The topological polar surface area (TPSA) is 125 Å². The molecule has 0 aromatic heterocycles. The third-order valence-corrected chi connectivity index (χ3v) is 6.63. The molecule has 9 nitrogen and oxygen atoms in total. The molecule has 0 unspecified atom stereocenters. The summed E-state index contributed by atoms with van der Waals surface area (Å²) in [5.74, 6) is 11.8. The molecule has 3 aromatic rings. The summed E-state index contributed by atoms with van der Waals surface area (Å²) >= 11 is 0. The summed E-state index contributed by atoms with van der Waals surface area (Å²) < 4.78 is 53.4. The van der Waals surface area contributed by atoms with E-state index in [2.05, 4.69) is 23.7 Å². The SMILES string of the molecule is CCCOc1cc(C#Cc2ccc(C(=O)OCC)cc2)c(OCCCS(=O)(=O)O)cc1C#Cc1ccc(C(=O)OCC)cc1. The van der Waals surface area contributed by atoms with Gasteiger partial charge in [0, 0.05) is 23.3 Å². The van der Waals surface area contributed by atoms with Crippen LogP contribution >= 0.6 is 0 Å². The fraction of sp³-hybridized carbons (Fsp3) is 0.294. The van der Waals surface area contributed by atoms with Gasteiger partial charge in [-0.15, -0.1) is 0 Å².